The zero-order valence-electron chi connectivity index (χ0n) is 16.7. The van der Waals surface area contributed by atoms with Gasteiger partial charge in [0.1, 0.15) is 11.6 Å². The highest BCUT2D eigenvalue weighted by molar-refractivity contribution is 6.09. The number of fused-ring (bicyclic) bond motifs is 1. The molecule has 0 atom stereocenters. The van der Waals surface area contributed by atoms with Gasteiger partial charge in [0.25, 0.3) is 5.91 Å². The van der Waals surface area contributed by atoms with Crippen LogP contribution < -0.4 is 24.8 Å². The average molecular weight is 427 g/mol. The van der Waals surface area contributed by atoms with Crippen LogP contribution >= 0.6 is 0 Å². The number of hydrogen-bond acceptors (Lipinski definition) is 6. The fourth-order valence-electron chi connectivity index (χ4n) is 3.16. The van der Waals surface area contributed by atoms with Gasteiger partial charge in [0.2, 0.25) is 0 Å². The van der Waals surface area contributed by atoms with Crippen molar-refractivity contribution < 1.29 is 27.8 Å². The fourth-order valence-corrected chi connectivity index (χ4v) is 3.16. The largest absolute Gasteiger partial charge is 0.586 e. The van der Waals surface area contributed by atoms with Crippen LogP contribution in [-0.4, -0.2) is 24.3 Å². The van der Waals surface area contributed by atoms with Crippen molar-refractivity contribution in [3.05, 3.63) is 71.4 Å². The number of rotatable bonds is 6. The zero-order chi connectivity index (χ0) is 22.0. The van der Waals surface area contributed by atoms with Crippen LogP contribution in [0.1, 0.15) is 21.5 Å². The summed E-state index contributed by atoms with van der Waals surface area (Å²) in [5, 5.41) is 5.77. The SMILES string of the molecule is COc1ccc(CNc2nccc(C)c2C(=O)Nc2cccc3c2OC(F)(F)O3)cc1. The smallest absolute Gasteiger partial charge is 0.497 e. The molecule has 1 aromatic heterocycles. The van der Waals surface area contributed by atoms with Gasteiger partial charge in [-0.05, 0) is 48.4 Å². The number of ether oxygens (including phenoxy) is 3. The molecule has 0 saturated heterocycles. The van der Waals surface area contributed by atoms with Crippen molar-refractivity contribution in [1.29, 1.82) is 0 Å². The Morgan fingerprint density at radius 2 is 1.90 bits per heavy atom. The second-order valence-electron chi connectivity index (χ2n) is 6.81. The van der Waals surface area contributed by atoms with Crippen LogP contribution in [0.15, 0.2) is 54.7 Å². The fraction of sp³-hybridized carbons (Fsp3) is 0.182. The van der Waals surface area contributed by atoms with E-state index in [0.29, 0.717) is 23.5 Å². The van der Waals surface area contributed by atoms with Crippen molar-refractivity contribution in [3.8, 4) is 17.2 Å². The number of anilines is 2. The van der Waals surface area contributed by atoms with Crippen LogP contribution in [0.2, 0.25) is 0 Å². The first kappa shape index (κ1) is 20.4. The van der Waals surface area contributed by atoms with E-state index in [2.05, 4.69) is 25.1 Å². The highest BCUT2D eigenvalue weighted by Crippen LogP contribution is 2.45. The molecule has 0 bridgehead atoms. The minimum atomic E-state index is -3.78. The molecule has 0 fully saturated rings. The van der Waals surface area contributed by atoms with Crippen molar-refractivity contribution in [1.82, 2.24) is 4.98 Å². The molecule has 1 amide bonds. The molecule has 1 aliphatic rings. The molecule has 4 rings (SSSR count). The van der Waals surface area contributed by atoms with E-state index in [4.69, 9.17) is 4.74 Å². The standard InChI is InChI=1S/C22H19F2N3O4/c1-13-10-11-25-20(26-12-14-6-8-15(29-2)9-7-14)18(13)21(28)27-16-4-3-5-17-19(16)31-22(23,24)30-17/h3-11H,12H2,1-2H3,(H,25,26)(H,27,28). The van der Waals surface area contributed by atoms with Gasteiger partial charge in [-0.15, -0.1) is 8.78 Å². The molecule has 0 radical (unpaired) electrons. The summed E-state index contributed by atoms with van der Waals surface area (Å²) in [5.41, 5.74) is 1.99. The van der Waals surface area contributed by atoms with Gasteiger partial charge in [-0.3, -0.25) is 4.79 Å². The van der Waals surface area contributed by atoms with E-state index in [-0.39, 0.29) is 17.2 Å². The van der Waals surface area contributed by atoms with Crippen LogP contribution in [-0.2, 0) is 6.54 Å². The van der Waals surface area contributed by atoms with Gasteiger partial charge < -0.3 is 24.8 Å². The Labute approximate surface area is 177 Å². The quantitative estimate of drug-likeness (QED) is 0.599. The number of nitrogens with zero attached hydrogens (tertiary/aromatic N) is 1. The molecule has 2 aromatic carbocycles. The van der Waals surface area contributed by atoms with Crippen molar-refractivity contribution in [2.45, 2.75) is 19.8 Å². The molecule has 31 heavy (non-hydrogen) atoms. The third-order valence-corrected chi connectivity index (χ3v) is 4.68. The number of amides is 1. The molecule has 0 saturated carbocycles. The number of para-hydroxylation sites is 1. The zero-order valence-corrected chi connectivity index (χ0v) is 16.7. The Balaban J connectivity index is 1.55. The van der Waals surface area contributed by atoms with Gasteiger partial charge in [-0.1, -0.05) is 18.2 Å². The van der Waals surface area contributed by atoms with Crippen LogP contribution in [0.4, 0.5) is 20.3 Å². The van der Waals surface area contributed by atoms with E-state index >= 15 is 0 Å². The molecule has 160 valence electrons. The first-order chi connectivity index (χ1) is 14.9. The Bertz CT molecular complexity index is 1120. The Hall–Kier alpha value is -3.88. The number of hydrogen-bond donors (Lipinski definition) is 2. The number of aryl methyl sites for hydroxylation is 1. The van der Waals surface area contributed by atoms with Crippen LogP contribution in [0, 0.1) is 6.92 Å². The lowest BCUT2D eigenvalue weighted by Gasteiger charge is -2.14. The number of benzene rings is 2. The maximum absolute atomic E-state index is 13.4. The molecule has 7 nitrogen and oxygen atoms in total. The van der Waals surface area contributed by atoms with Crippen molar-refractivity contribution >= 4 is 17.4 Å². The predicted octanol–water partition coefficient (Wildman–Crippen LogP) is 4.58. The summed E-state index contributed by atoms with van der Waals surface area (Å²) in [6.45, 7) is 2.18. The minimum absolute atomic E-state index is 0.0732. The first-order valence-electron chi connectivity index (χ1n) is 9.39. The van der Waals surface area contributed by atoms with Gasteiger partial charge >= 0.3 is 6.29 Å². The molecule has 2 N–H and O–H groups in total. The Morgan fingerprint density at radius 3 is 2.65 bits per heavy atom. The van der Waals surface area contributed by atoms with Crippen LogP contribution in [0.25, 0.3) is 0 Å². The lowest BCUT2D eigenvalue weighted by molar-refractivity contribution is -0.286. The third kappa shape index (κ3) is 4.35. The summed E-state index contributed by atoms with van der Waals surface area (Å²) in [6, 6.07) is 13.4. The molecule has 1 aliphatic heterocycles. The van der Waals surface area contributed by atoms with Crippen molar-refractivity contribution in [3.63, 3.8) is 0 Å². The molecule has 2 heterocycles. The minimum Gasteiger partial charge on any atom is -0.497 e. The van der Waals surface area contributed by atoms with Gasteiger partial charge in [0.05, 0.1) is 18.4 Å². The number of pyridine rings is 1. The number of aromatic nitrogens is 1. The van der Waals surface area contributed by atoms with Crippen molar-refractivity contribution in [2.24, 2.45) is 0 Å². The number of nitrogens with one attached hydrogen (secondary N) is 2. The summed E-state index contributed by atoms with van der Waals surface area (Å²) < 4.78 is 41.0. The molecular formula is C22H19F2N3O4. The monoisotopic (exact) mass is 427 g/mol. The summed E-state index contributed by atoms with van der Waals surface area (Å²) in [5.74, 6) is 0.210. The van der Waals surface area contributed by atoms with E-state index in [9.17, 15) is 13.6 Å². The Kier molecular flexibility index (Phi) is 5.33. The molecule has 0 aliphatic carbocycles. The lowest BCUT2D eigenvalue weighted by atomic mass is 10.1. The summed E-state index contributed by atoms with van der Waals surface area (Å²) in [7, 11) is 1.59. The maximum atomic E-state index is 13.4. The lowest BCUT2D eigenvalue weighted by Crippen LogP contribution is -2.26. The molecule has 3 aromatic rings. The van der Waals surface area contributed by atoms with E-state index < -0.39 is 12.2 Å². The van der Waals surface area contributed by atoms with Gasteiger partial charge in [0, 0.05) is 12.7 Å². The molecule has 9 heteroatoms. The second kappa shape index (κ2) is 8.10. The highest BCUT2D eigenvalue weighted by atomic mass is 19.3. The van der Waals surface area contributed by atoms with Crippen molar-refractivity contribution in [2.75, 3.05) is 17.7 Å². The van der Waals surface area contributed by atoms with Gasteiger partial charge in [-0.25, -0.2) is 4.98 Å². The number of alkyl halides is 2. The summed E-state index contributed by atoms with van der Waals surface area (Å²) in [6.07, 6.45) is -2.20. The Morgan fingerprint density at radius 1 is 1.13 bits per heavy atom. The maximum Gasteiger partial charge on any atom is 0.586 e. The number of carbonyl (C=O) groups excluding carboxylic acids is 1. The first-order valence-corrected chi connectivity index (χ1v) is 9.39. The topological polar surface area (TPSA) is 81.7 Å². The van der Waals surface area contributed by atoms with Crippen LogP contribution in [0.3, 0.4) is 0 Å². The second-order valence-corrected chi connectivity index (χ2v) is 6.81. The third-order valence-electron chi connectivity index (χ3n) is 4.68. The van der Waals surface area contributed by atoms with E-state index in [0.717, 1.165) is 11.3 Å². The van der Waals surface area contributed by atoms with Gasteiger partial charge in [-0.2, -0.15) is 0 Å². The highest BCUT2D eigenvalue weighted by Gasteiger charge is 2.44. The number of carbonyl (C=O) groups is 1. The molecular weight excluding hydrogens is 408 g/mol. The van der Waals surface area contributed by atoms with Gasteiger partial charge in [0.15, 0.2) is 11.5 Å². The normalized spacial score (nSPS) is 13.5. The average Bonchev–Trinajstić information content (AvgIpc) is 3.07. The molecule has 0 spiro atoms. The number of halogens is 2. The summed E-state index contributed by atoms with van der Waals surface area (Å²) in [4.78, 5) is 17.3. The number of methoxy groups -OCH3 is 1. The van der Waals surface area contributed by atoms with E-state index in [1.54, 1.807) is 26.3 Å². The van der Waals surface area contributed by atoms with E-state index in [1.807, 2.05) is 24.3 Å². The molecule has 0 unspecified atom stereocenters. The summed E-state index contributed by atoms with van der Waals surface area (Å²) >= 11 is 0. The van der Waals surface area contributed by atoms with E-state index in [1.165, 1.54) is 18.2 Å². The predicted molar refractivity (Wildman–Crippen MR) is 110 cm³/mol. The van der Waals surface area contributed by atoms with Crippen LogP contribution in [0.5, 0.6) is 17.2 Å².